The van der Waals surface area contributed by atoms with Crippen LogP contribution in [0.1, 0.15) is 37.9 Å². The minimum absolute atomic E-state index is 0.284. The van der Waals surface area contributed by atoms with Gasteiger partial charge in [-0.2, -0.15) is 0 Å². The molecule has 0 heterocycles. The molecule has 0 spiro atoms. The molecule has 13 heavy (non-hydrogen) atoms. The molecule has 1 aromatic rings. The van der Waals surface area contributed by atoms with E-state index in [4.69, 9.17) is 0 Å². The Balaban J connectivity index is 2.60. The fraction of sp³-hybridized carbons (Fsp3) is 0.455. The molecule has 1 atom stereocenters. The van der Waals surface area contributed by atoms with Crippen molar-refractivity contribution < 1.29 is 9.50 Å². The average Bonchev–Trinajstić information content (AvgIpc) is 2.14. The van der Waals surface area contributed by atoms with E-state index in [-0.39, 0.29) is 5.82 Å². The maximum Gasteiger partial charge on any atom is 0.123 e. The lowest BCUT2D eigenvalue weighted by atomic mass is 10.0. The van der Waals surface area contributed by atoms with Crippen LogP contribution in [0.2, 0.25) is 0 Å². The lowest BCUT2D eigenvalue weighted by Gasteiger charge is -2.09. The Labute approximate surface area is 78.2 Å². The van der Waals surface area contributed by atoms with Crippen molar-refractivity contribution in [1.82, 2.24) is 0 Å². The molecule has 0 unspecified atom stereocenters. The molecule has 72 valence electrons. The highest BCUT2D eigenvalue weighted by molar-refractivity contribution is 5.18. The first-order valence-corrected chi connectivity index (χ1v) is 4.67. The Morgan fingerprint density at radius 3 is 2.85 bits per heavy atom. The zero-order valence-corrected chi connectivity index (χ0v) is 7.83. The molecule has 0 aromatic heterocycles. The van der Waals surface area contributed by atoms with Crippen molar-refractivity contribution in [2.24, 2.45) is 0 Å². The normalized spacial score (nSPS) is 12.8. The van der Waals surface area contributed by atoms with Gasteiger partial charge in [0.05, 0.1) is 6.10 Å². The second kappa shape index (κ2) is 4.97. The van der Waals surface area contributed by atoms with Crippen molar-refractivity contribution in [2.75, 3.05) is 0 Å². The van der Waals surface area contributed by atoms with Crippen LogP contribution in [0.25, 0.3) is 0 Å². The summed E-state index contributed by atoms with van der Waals surface area (Å²) < 4.78 is 12.7. The third-order valence-electron chi connectivity index (χ3n) is 2.06. The number of benzene rings is 1. The maximum absolute atomic E-state index is 12.7. The van der Waals surface area contributed by atoms with Crippen molar-refractivity contribution >= 4 is 0 Å². The summed E-state index contributed by atoms with van der Waals surface area (Å²) in [7, 11) is 0. The highest BCUT2D eigenvalue weighted by Gasteiger charge is 2.06. The van der Waals surface area contributed by atoms with E-state index in [0.717, 1.165) is 12.8 Å². The summed E-state index contributed by atoms with van der Waals surface area (Å²) in [5.41, 5.74) is 0.674. The number of halogens is 1. The largest absolute Gasteiger partial charge is 0.388 e. The van der Waals surface area contributed by atoms with E-state index in [1.807, 2.05) is 0 Å². The van der Waals surface area contributed by atoms with Crippen molar-refractivity contribution in [1.29, 1.82) is 0 Å². The maximum atomic E-state index is 12.7. The van der Waals surface area contributed by atoms with E-state index in [1.54, 1.807) is 12.1 Å². The van der Waals surface area contributed by atoms with Crippen LogP contribution in [0.5, 0.6) is 0 Å². The molecule has 1 nitrogen and oxygen atoms in total. The number of hydrogen-bond acceptors (Lipinski definition) is 1. The van der Waals surface area contributed by atoms with E-state index >= 15 is 0 Å². The highest BCUT2D eigenvalue weighted by Crippen LogP contribution is 2.19. The molecule has 2 heteroatoms. The van der Waals surface area contributed by atoms with Gasteiger partial charge in [0.2, 0.25) is 0 Å². The van der Waals surface area contributed by atoms with Gasteiger partial charge in [-0.15, -0.1) is 0 Å². The Hall–Kier alpha value is -0.890. The van der Waals surface area contributed by atoms with E-state index in [9.17, 15) is 9.50 Å². The van der Waals surface area contributed by atoms with Gasteiger partial charge in [0.15, 0.2) is 0 Å². The summed E-state index contributed by atoms with van der Waals surface area (Å²) >= 11 is 0. The van der Waals surface area contributed by atoms with Crippen LogP contribution in [0.4, 0.5) is 4.39 Å². The Morgan fingerprint density at radius 2 is 2.23 bits per heavy atom. The predicted octanol–water partition coefficient (Wildman–Crippen LogP) is 3.05. The zero-order valence-electron chi connectivity index (χ0n) is 7.83. The summed E-state index contributed by atoms with van der Waals surface area (Å²) in [5.74, 6) is -0.284. The lowest BCUT2D eigenvalue weighted by Crippen LogP contribution is -1.97. The van der Waals surface area contributed by atoms with Crippen molar-refractivity contribution in [3.05, 3.63) is 35.6 Å². The highest BCUT2D eigenvalue weighted by atomic mass is 19.1. The first kappa shape index (κ1) is 10.2. The van der Waals surface area contributed by atoms with Gasteiger partial charge < -0.3 is 5.11 Å². The summed E-state index contributed by atoms with van der Waals surface area (Å²) in [6, 6.07) is 6.15. The molecule has 0 fully saturated rings. The molecule has 0 saturated heterocycles. The molecule has 1 N–H and O–H groups in total. The smallest absolute Gasteiger partial charge is 0.123 e. The van der Waals surface area contributed by atoms with Crippen LogP contribution in [-0.4, -0.2) is 5.11 Å². The van der Waals surface area contributed by atoms with Crippen LogP contribution in [0.15, 0.2) is 24.3 Å². The molecular weight excluding hydrogens is 167 g/mol. The molecule has 1 rings (SSSR count). The standard InChI is InChI=1S/C11H15FO/c1-2-3-7-11(13)9-5-4-6-10(12)8-9/h4-6,8,11,13H,2-3,7H2,1H3/t11-/m0/s1. The van der Waals surface area contributed by atoms with Gasteiger partial charge in [-0.25, -0.2) is 4.39 Å². The second-order valence-electron chi connectivity index (χ2n) is 3.21. The van der Waals surface area contributed by atoms with Crippen LogP contribution < -0.4 is 0 Å². The molecule has 0 aliphatic carbocycles. The minimum Gasteiger partial charge on any atom is -0.388 e. The quantitative estimate of drug-likeness (QED) is 0.758. The fourth-order valence-corrected chi connectivity index (χ4v) is 1.28. The third-order valence-corrected chi connectivity index (χ3v) is 2.06. The summed E-state index contributed by atoms with van der Waals surface area (Å²) in [4.78, 5) is 0. The SMILES string of the molecule is CCCC[C@H](O)c1cccc(F)c1. The van der Waals surface area contributed by atoms with E-state index in [1.165, 1.54) is 12.1 Å². The molecule has 0 aliphatic heterocycles. The van der Waals surface area contributed by atoms with E-state index < -0.39 is 6.10 Å². The van der Waals surface area contributed by atoms with Gasteiger partial charge >= 0.3 is 0 Å². The third kappa shape index (κ3) is 3.15. The van der Waals surface area contributed by atoms with Gasteiger partial charge in [-0.3, -0.25) is 0 Å². The number of rotatable bonds is 4. The lowest BCUT2D eigenvalue weighted by molar-refractivity contribution is 0.164. The molecular formula is C11H15FO. The van der Waals surface area contributed by atoms with Crippen LogP contribution >= 0.6 is 0 Å². The van der Waals surface area contributed by atoms with E-state index in [2.05, 4.69) is 6.92 Å². The molecule has 1 aromatic carbocycles. The summed E-state index contributed by atoms with van der Waals surface area (Å²) in [5, 5.41) is 9.61. The summed E-state index contributed by atoms with van der Waals surface area (Å²) in [6.07, 6.45) is 2.21. The molecule has 0 aliphatic rings. The molecule has 0 saturated carbocycles. The van der Waals surface area contributed by atoms with Gasteiger partial charge in [0, 0.05) is 0 Å². The monoisotopic (exact) mass is 182 g/mol. The summed E-state index contributed by atoms with van der Waals surface area (Å²) in [6.45, 7) is 2.07. The molecule has 0 bridgehead atoms. The zero-order chi connectivity index (χ0) is 9.68. The fourth-order valence-electron chi connectivity index (χ4n) is 1.28. The number of aliphatic hydroxyl groups excluding tert-OH is 1. The topological polar surface area (TPSA) is 20.2 Å². The Morgan fingerprint density at radius 1 is 1.46 bits per heavy atom. The Kier molecular flexibility index (Phi) is 3.90. The van der Waals surface area contributed by atoms with Crippen molar-refractivity contribution in [3.63, 3.8) is 0 Å². The molecule has 0 radical (unpaired) electrons. The Bertz CT molecular complexity index is 260. The first-order chi connectivity index (χ1) is 6.24. The molecule has 0 amide bonds. The van der Waals surface area contributed by atoms with Gasteiger partial charge in [-0.1, -0.05) is 31.9 Å². The number of aliphatic hydroxyl groups is 1. The van der Waals surface area contributed by atoms with Crippen LogP contribution in [0, 0.1) is 5.82 Å². The minimum atomic E-state index is -0.518. The van der Waals surface area contributed by atoms with Crippen LogP contribution in [-0.2, 0) is 0 Å². The second-order valence-corrected chi connectivity index (χ2v) is 3.21. The van der Waals surface area contributed by atoms with Crippen molar-refractivity contribution in [2.45, 2.75) is 32.3 Å². The average molecular weight is 182 g/mol. The number of hydrogen-bond donors (Lipinski definition) is 1. The van der Waals surface area contributed by atoms with Crippen LogP contribution in [0.3, 0.4) is 0 Å². The number of unbranched alkanes of at least 4 members (excludes halogenated alkanes) is 1. The van der Waals surface area contributed by atoms with Gasteiger partial charge in [-0.05, 0) is 24.1 Å². The van der Waals surface area contributed by atoms with E-state index in [0.29, 0.717) is 12.0 Å². The first-order valence-electron chi connectivity index (χ1n) is 4.67. The predicted molar refractivity (Wildman–Crippen MR) is 50.9 cm³/mol. The van der Waals surface area contributed by atoms with Crippen molar-refractivity contribution in [3.8, 4) is 0 Å². The van der Waals surface area contributed by atoms with Gasteiger partial charge in [0.25, 0.3) is 0 Å². The van der Waals surface area contributed by atoms with Gasteiger partial charge in [0.1, 0.15) is 5.82 Å².